The molecule has 0 aromatic carbocycles. The fourth-order valence-electron chi connectivity index (χ4n) is 2.83. The maximum absolute atomic E-state index is 5.56. The molecule has 5 heteroatoms. The smallest absolute Gasteiger partial charge is 0.233 e. The first kappa shape index (κ1) is 13.2. The monoisotopic (exact) mass is 272 g/mol. The van der Waals surface area contributed by atoms with E-state index in [-0.39, 0.29) is 5.41 Å². The van der Waals surface area contributed by atoms with Crippen molar-refractivity contribution in [2.75, 3.05) is 13.1 Å². The molecule has 0 bridgehead atoms. The van der Waals surface area contributed by atoms with Gasteiger partial charge in [0.2, 0.25) is 11.7 Å². The van der Waals surface area contributed by atoms with E-state index in [1.54, 1.807) is 0 Å². The van der Waals surface area contributed by atoms with E-state index >= 15 is 0 Å². The van der Waals surface area contributed by atoms with Crippen LogP contribution < -0.4 is 5.32 Å². The molecule has 1 saturated heterocycles. The highest BCUT2D eigenvalue weighted by Gasteiger charge is 2.37. The van der Waals surface area contributed by atoms with Crippen LogP contribution in [0.15, 0.2) is 22.7 Å². The van der Waals surface area contributed by atoms with Crippen LogP contribution in [0.5, 0.6) is 0 Å². The minimum absolute atomic E-state index is 0.0281. The van der Waals surface area contributed by atoms with E-state index in [0.29, 0.717) is 5.82 Å². The summed E-state index contributed by atoms with van der Waals surface area (Å²) in [7, 11) is 0. The maximum atomic E-state index is 5.56. The summed E-state index contributed by atoms with van der Waals surface area (Å²) in [5.41, 5.74) is 1.77. The summed E-state index contributed by atoms with van der Waals surface area (Å²) in [6.07, 6.45) is 3.12. The average Bonchev–Trinajstić information content (AvgIpc) is 2.98. The summed E-state index contributed by atoms with van der Waals surface area (Å²) < 4.78 is 5.56. The topological polar surface area (TPSA) is 63.8 Å². The van der Waals surface area contributed by atoms with E-state index in [4.69, 9.17) is 4.52 Å². The second-order valence-electron chi connectivity index (χ2n) is 5.47. The highest BCUT2D eigenvalue weighted by Crippen LogP contribution is 2.36. The average molecular weight is 272 g/mol. The largest absolute Gasteiger partial charge is 0.338 e. The number of hydrogen-bond donors (Lipinski definition) is 1. The van der Waals surface area contributed by atoms with E-state index < -0.39 is 0 Å². The first-order valence-electron chi connectivity index (χ1n) is 7.22. The van der Waals surface area contributed by atoms with E-state index in [2.05, 4.69) is 27.4 Å². The van der Waals surface area contributed by atoms with Crippen LogP contribution in [0.25, 0.3) is 11.5 Å². The number of pyridine rings is 1. The predicted molar refractivity (Wildman–Crippen MR) is 76.3 cm³/mol. The van der Waals surface area contributed by atoms with Gasteiger partial charge in [0.1, 0.15) is 5.69 Å². The minimum Gasteiger partial charge on any atom is -0.338 e. The number of hydrogen-bond acceptors (Lipinski definition) is 5. The third kappa shape index (κ3) is 2.33. The van der Waals surface area contributed by atoms with E-state index in [1.807, 2.05) is 25.1 Å². The first-order valence-corrected chi connectivity index (χ1v) is 7.22. The summed E-state index contributed by atoms with van der Waals surface area (Å²) in [5, 5.41) is 7.51. The molecule has 3 rings (SSSR count). The summed E-state index contributed by atoms with van der Waals surface area (Å²) in [4.78, 5) is 9.07. The Morgan fingerprint density at radius 3 is 2.75 bits per heavy atom. The lowest BCUT2D eigenvalue weighted by atomic mass is 9.76. The van der Waals surface area contributed by atoms with Crippen molar-refractivity contribution < 1.29 is 4.52 Å². The van der Waals surface area contributed by atoms with Crippen molar-refractivity contribution in [1.29, 1.82) is 0 Å². The summed E-state index contributed by atoms with van der Waals surface area (Å²) in [5.74, 6) is 1.36. The minimum atomic E-state index is 0.0281. The molecule has 1 aliphatic rings. The van der Waals surface area contributed by atoms with Crippen LogP contribution in [0, 0.1) is 6.92 Å². The van der Waals surface area contributed by atoms with Gasteiger partial charge in [-0.15, -0.1) is 0 Å². The highest BCUT2D eigenvalue weighted by atomic mass is 16.5. The van der Waals surface area contributed by atoms with Crippen LogP contribution in [0.1, 0.15) is 37.8 Å². The van der Waals surface area contributed by atoms with Gasteiger partial charge >= 0.3 is 0 Å². The maximum Gasteiger partial charge on any atom is 0.233 e. The van der Waals surface area contributed by atoms with Gasteiger partial charge in [0.25, 0.3) is 0 Å². The number of aryl methyl sites for hydroxylation is 1. The molecule has 0 amide bonds. The van der Waals surface area contributed by atoms with Crippen LogP contribution in [0.2, 0.25) is 0 Å². The second-order valence-corrected chi connectivity index (χ2v) is 5.47. The van der Waals surface area contributed by atoms with Gasteiger partial charge in [-0.1, -0.05) is 18.1 Å². The molecule has 3 heterocycles. The molecule has 0 saturated carbocycles. The van der Waals surface area contributed by atoms with Crippen molar-refractivity contribution in [3.8, 4) is 11.5 Å². The van der Waals surface area contributed by atoms with Crippen molar-refractivity contribution in [2.45, 2.75) is 38.5 Å². The number of nitrogens with one attached hydrogen (secondary N) is 1. The Kier molecular flexibility index (Phi) is 3.53. The zero-order valence-corrected chi connectivity index (χ0v) is 12.0. The van der Waals surface area contributed by atoms with Gasteiger partial charge in [-0.05, 0) is 51.4 Å². The third-order valence-corrected chi connectivity index (χ3v) is 4.23. The zero-order valence-electron chi connectivity index (χ0n) is 12.0. The van der Waals surface area contributed by atoms with E-state index in [0.717, 1.165) is 49.6 Å². The zero-order chi connectivity index (χ0) is 14.0. The number of rotatable bonds is 3. The molecule has 1 aliphatic heterocycles. The highest BCUT2D eigenvalue weighted by molar-refractivity contribution is 5.48. The van der Waals surface area contributed by atoms with Crippen LogP contribution in [-0.4, -0.2) is 28.2 Å². The Labute approximate surface area is 118 Å². The van der Waals surface area contributed by atoms with E-state index in [9.17, 15) is 0 Å². The van der Waals surface area contributed by atoms with Gasteiger partial charge < -0.3 is 9.84 Å². The quantitative estimate of drug-likeness (QED) is 0.930. The molecule has 2 aromatic rings. The molecule has 0 spiro atoms. The molecule has 1 fully saturated rings. The standard InChI is InChI=1S/C15H20N4O/c1-3-15(7-9-16-10-8-15)14-18-13(19-20-14)12-6-4-5-11(2)17-12/h4-6,16H,3,7-10H2,1-2H3. The van der Waals surface area contributed by atoms with Crippen LogP contribution >= 0.6 is 0 Å². The van der Waals surface area contributed by atoms with Crippen LogP contribution in [-0.2, 0) is 5.41 Å². The lowest BCUT2D eigenvalue weighted by molar-refractivity contribution is 0.216. The lowest BCUT2D eigenvalue weighted by Gasteiger charge is -2.33. The Bertz CT molecular complexity index is 587. The molecule has 0 aliphatic carbocycles. The molecule has 106 valence electrons. The molecule has 0 unspecified atom stereocenters. The Morgan fingerprint density at radius 2 is 2.05 bits per heavy atom. The SMILES string of the molecule is CCC1(c2nc(-c3cccc(C)n3)no2)CCNCC1. The van der Waals surface area contributed by atoms with Gasteiger partial charge in [-0.3, -0.25) is 0 Å². The fraction of sp³-hybridized carbons (Fsp3) is 0.533. The first-order chi connectivity index (χ1) is 9.73. The lowest BCUT2D eigenvalue weighted by Crippen LogP contribution is -2.39. The number of aromatic nitrogens is 3. The van der Waals surface area contributed by atoms with Gasteiger partial charge in [0.05, 0.1) is 5.41 Å². The van der Waals surface area contributed by atoms with Crippen LogP contribution in [0.3, 0.4) is 0 Å². The summed E-state index contributed by atoms with van der Waals surface area (Å²) >= 11 is 0. The summed E-state index contributed by atoms with van der Waals surface area (Å²) in [6.45, 7) is 6.17. The Balaban J connectivity index is 1.93. The van der Waals surface area contributed by atoms with Crippen molar-refractivity contribution in [3.63, 3.8) is 0 Å². The fourth-order valence-corrected chi connectivity index (χ4v) is 2.83. The van der Waals surface area contributed by atoms with Crippen molar-refractivity contribution in [1.82, 2.24) is 20.4 Å². The molecular weight excluding hydrogens is 252 g/mol. The van der Waals surface area contributed by atoms with Gasteiger partial charge in [0, 0.05) is 5.69 Å². The third-order valence-electron chi connectivity index (χ3n) is 4.23. The second kappa shape index (κ2) is 5.32. The predicted octanol–water partition coefficient (Wildman–Crippen LogP) is 2.47. The molecule has 1 N–H and O–H groups in total. The number of nitrogens with zero attached hydrogens (tertiary/aromatic N) is 3. The molecule has 20 heavy (non-hydrogen) atoms. The Morgan fingerprint density at radius 1 is 1.25 bits per heavy atom. The van der Waals surface area contributed by atoms with E-state index in [1.165, 1.54) is 0 Å². The van der Waals surface area contributed by atoms with Crippen molar-refractivity contribution >= 4 is 0 Å². The molecular formula is C15H20N4O. The number of piperidine rings is 1. The van der Waals surface area contributed by atoms with Gasteiger partial charge in [-0.25, -0.2) is 4.98 Å². The molecule has 0 atom stereocenters. The van der Waals surface area contributed by atoms with Crippen molar-refractivity contribution in [3.05, 3.63) is 29.8 Å². The van der Waals surface area contributed by atoms with Gasteiger partial charge in [0.15, 0.2) is 0 Å². The van der Waals surface area contributed by atoms with Gasteiger partial charge in [-0.2, -0.15) is 4.98 Å². The Hall–Kier alpha value is -1.75. The van der Waals surface area contributed by atoms with Crippen LogP contribution in [0.4, 0.5) is 0 Å². The van der Waals surface area contributed by atoms with Crippen molar-refractivity contribution in [2.24, 2.45) is 0 Å². The normalized spacial score (nSPS) is 18.1. The molecule has 5 nitrogen and oxygen atoms in total. The summed E-state index contributed by atoms with van der Waals surface area (Å²) in [6, 6.07) is 5.85. The molecule has 0 radical (unpaired) electrons. The molecule has 2 aromatic heterocycles.